The summed E-state index contributed by atoms with van der Waals surface area (Å²) < 4.78 is 18.5. The van der Waals surface area contributed by atoms with Crippen molar-refractivity contribution in [3.63, 3.8) is 0 Å². The fourth-order valence-corrected chi connectivity index (χ4v) is 1.37. The summed E-state index contributed by atoms with van der Waals surface area (Å²) >= 11 is 3.02. The van der Waals surface area contributed by atoms with Crippen LogP contribution in [-0.2, 0) is 4.74 Å². The maximum atomic E-state index is 13.1. The average molecular weight is 290 g/mol. The molecule has 16 heavy (non-hydrogen) atoms. The van der Waals surface area contributed by atoms with Crippen molar-refractivity contribution in [3.05, 3.63) is 34.1 Å². The molecule has 0 aliphatic carbocycles. The second-order valence-corrected chi connectivity index (χ2v) is 3.94. The lowest BCUT2D eigenvalue weighted by Gasteiger charge is -2.05. The minimum atomic E-state index is -0.447. The van der Waals surface area contributed by atoms with Crippen LogP contribution in [0.25, 0.3) is 0 Å². The summed E-state index contributed by atoms with van der Waals surface area (Å²) in [5.41, 5.74) is 0.303. The van der Waals surface area contributed by atoms with Crippen LogP contribution in [0.1, 0.15) is 17.3 Å². The lowest BCUT2D eigenvalue weighted by Crippen LogP contribution is -2.27. The summed E-state index contributed by atoms with van der Waals surface area (Å²) in [5, 5.41) is 2.63. The molecule has 0 saturated heterocycles. The van der Waals surface area contributed by atoms with Crippen molar-refractivity contribution < 1.29 is 13.9 Å². The Morgan fingerprint density at radius 2 is 2.31 bits per heavy atom. The normalized spacial score (nSPS) is 10.2. The van der Waals surface area contributed by atoms with E-state index in [9.17, 15) is 9.18 Å². The first-order valence-electron chi connectivity index (χ1n) is 4.96. The Kier molecular flexibility index (Phi) is 5.42. The number of amides is 1. The van der Waals surface area contributed by atoms with Crippen LogP contribution in [0.15, 0.2) is 22.7 Å². The number of halogens is 2. The molecule has 0 spiro atoms. The molecule has 88 valence electrons. The van der Waals surface area contributed by atoms with Gasteiger partial charge in [-0.05, 0) is 41.1 Å². The molecule has 0 aliphatic rings. The topological polar surface area (TPSA) is 38.3 Å². The van der Waals surface area contributed by atoms with Crippen LogP contribution < -0.4 is 5.32 Å². The van der Waals surface area contributed by atoms with Crippen LogP contribution in [0.4, 0.5) is 4.39 Å². The van der Waals surface area contributed by atoms with E-state index >= 15 is 0 Å². The number of carbonyl (C=O) groups excluding carboxylic acids is 1. The third-order valence-electron chi connectivity index (χ3n) is 1.92. The Balaban J connectivity index is 2.50. The van der Waals surface area contributed by atoms with Crippen LogP contribution in [0.2, 0.25) is 0 Å². The molecule has 0 atom stereocenters. The van der Waals surface area contributed by atoms with Crippen molar-refractivity contribution in [1.82, 2.24) is 5.32 Å². The first kappa shape index (κ1) is 13.1. The van der Waals surface area contributed by atoms with Crippen molar-refractivity contribution in [2.24, 2.45) is 0 Å². The van der Waals surface area contributed by atoms with E-state index in [2.05, 4.69) is 21.2 Å². The highest BCUT2D eigenvalue weighted by Gasteiger charge is 2.07. The molecular formula is C11H13BrFNO2. The molecule has 0 unspecified atom stereocenters. The molecule has 1 N–H and O–H groups in total. The Labute approximate surface area is 102 Å². The summed E-state index contributed by atoms with van der Waals surface area (Å²) in [6.07, 6.45) is 0. The van der Waals surface area contributed by atoms with E-state index in [1.807, 2.05) is 6.92 Å². The van der Waals surface area contributed by atoms with Gasteiger partial charge in [-0.3, -0.25) is 4.79 Å². The van der Waals surface area contributed by atoms with Gasteiger partial charge in [-0.15, -0.1) is 0 Å². The van der Waals surface area contributed by atoms with Crippen LogP contribution >= 0.6 is 15.9 Å². The van der Waals surface area contributed by atoms with E-state index < -0.39 is 5.82 Å². The molecule has 1 amide bonds. The van der Waals surface area contributed by atoms with E-state index in [4.69, 9.17) is 4.74 Å². The molecular weight excluding hydrogens is 277 g/mol. The van der Waals surface area contributed by atoms with Crippen molar-refractivity contribution in [1.29, 1.82) is 0 Å². The predicted octanol–water partition coefficient (Wildman–Crippen LogP) is 2.35. The largest absolute Gasteiger partial charge is 0.380 e. The van der Waals surface area contributed by atoms with Gasteiger partial charge in [0.2, 0.25) is 0 Å². The molecule has 0 heterocycles. The van der Waals surface area contributed by atoms with Crippen molar-refractivity contribution in [3.8, 4) is 0 Å². The molecule has 0 aromatic heterocycles. The monoisotopic (exact) mass is 289 g/mol. The number of nitrogens with one attached hydrogen (secondary N) is 1. The van der Waals surface area contributed by atoms with Crippen molar-refractivity contribution in [2.45, 2.75) is 6.92 Å². The molecule has 5 heteroatoms. The second kappa shape index (κ2) is 6.60. The van der Waals surface area contributed by atoms with Gasteiger partial charge in [0.05, 0.1) is 11.1 Å². The molecule has 0 bridgehead atoms. The van der Waals surface area contributed by atoms with Gasteiger partial charge in [0.25, 0.3) is 5.91 Å². The Bertz CT molecular complexity index is 371. The van der Waals surface area contributed by atoms with Gasteiger partial charge < -0.3 is 10.1 Å². The molecule has 0 fully saturated rings. The highest BCUT2D eigenvalue weighted by atomic mass is 79.9. The van der Waals surface area contributed by atoms with E-state index in [0.717, 1.165) is 0 Å². The van der Waals surface area contributed by atoms with Crippen LogP contribution in [0.3, 0.4) is 0 Å². The Hall–Kier alpha value is -0.940. The van der Waals surface area contributed by atoms with Crippen LogP contribution in [0.5, 0.6) is 0 Å². The van der Waals surface area contributed by atoms with Gasteiger partial charge in [0.1, 0.15) is 5.82 Å². The number of carbonyl (C=O) groups is 1. The summed E-state index contributed by atoms with van der Waals surface area (Å²) in [5.74, 6) is -0.747. The number of hydrogen-bond acceptors (Lipinski definition) is 2. The summed E-state index contributed by atoms with van der Waals surface area (Å²) in [6, 6.07) is 4.26. The van der Waals surface area contributed by atoms with Crippen molar-refractivity contribution >= 4 is 21.8 Å². The lowest BCUT2D eigenvalue weighted by molar-refractivity contribution is 0.0922. The maximum Gasteiger partial charge on any atom is 0.251 e. The quantitative estimate of drug-likeness (QED) is 0.845. The predicted molar refractivity (Wildman–Crippen MR) is 62.9 cm³/mol. The zero-order valence-corrected chi connectivity index (χ0v) is 10.5. The first-order chi connectivity index (χ1) is 7.65. The lowest BCUT2D eigenvalue weighted by atomic mass is 10.2. The molecule has 1 aromatic rings. The minimum absolute atomic E-state index is 0.300. The number of ether oxygens (including phenoxy) is 1. The van der Waals surface area contributed by atoms with Gasteiger partial charge in [-0.1, -0.05) is 0 Å². The molecule has 0 radical (unpaired) electrons. The summed E-state index contributed by atoms with van der Waals surface area (Å²) in [6.45, 7) is 3.38. The third kappa shape index (κ3) is 3.90. The molecule has 1 rings (SSSR count). The maximum absolute atomic E-state index is 13.1. The van der Waals surface area contributed by atoms with Gasteiger partial charge >= 0.3 is 0 Å². The smallest absolute Gasteiger partial charge is 0.251 e. The van der Waals surface area contributed by atoms with Crippen LogP contribution in [-0.4, -0.2) is 25.7 Å². The number of hydrogen-bond donors (Lipinski definition) is 1. The van der Waals surface area contributed by atoms with E-state index in [0.29, 0.717) is 29.8 Å². The standard InChI is InChI=1S/C11H13BrFNO2/c1-2-16-6-5-14-11(15)8-3-4-9(12)10(13)7-8/h3-4,7H,2,5-6H2,1H3,(H,14,15). The summed E-state index contributed by atoms with van der Waals surface area (Å²) in [7, 11) is 0. The molecule has 0 aliphatic heterocycles. The van der Waals surface area contributed by atoms with Gasteiger partial charge in [0.15, 0.2) is 0 Å². The average Bonchev–Trinajstić information content (AvgIpc) is 2.28. The second-order valence-electron chi connectivity index (χ2n) is 3.08. The zero-order valence-electron chi connectivity index (χ0n) is 8.93. The van der Waals surface area contributed by atoms with E-state index in [1.165, 1.54) is 12.1 Å². The minimum Gasteiger partial charge on any atom is -0.380 e. The fourth-order valence-electron chi connectivity index (χ4n) is 1.12. The van der Waals surface area contributed by atoms with E-state index in [-0.39, 0.29) is 5.91 Å². The molecule has 1 aromatic carbocycles. The summed E-state index contributed by atoms with van der Waals surface area (Å²) in [4.78, 5) is 11.5. The highest BCUT2D eigenvalue weighted by Crippen LogP contribution is 2.16. The first-order valence-corrected chi connectivity index (χ1v) is 5.75. The molecule has 3 nitrogen and oxygen atoms in total. The Morgan fingerprint density at radius 1 is 1.56 bits per heavy atom. The Morgan fingerprint density at radius 3 is 2.94 bits per heavy atom. The zero-order chi connectivity index (χ0) is 12.0. The molecule has 0 saturated carbocycles. The number of rotatable bonds is 5. The fraction of sp³-hybridized carbons (Fsp3) is 0.364. The van der Waals surface area contributed by atoms with Gasteiger partial charge in [-0.25, -0.2) is 4.39 Å². The van der Waals surface area contributed by atoms with Gasteiger partial charge in [0, 0.05) is 18.7 Å². The SMILES string of the molecule is CCOCCNC(=O)c1ccc(Br)c(F)c1. The third-order valence-corrected chi connectivity index (χ3v) is 2.56. The van der Waals surface area contributed by atoms with Crippen molar-refractivity contribution in [2.75, 3.05) is 19.8 Å². The van der Waals surface area contributed by atoms with E-state index in [1.54, 1.807) is 6.07 Å². The highest BCUT2D eigenvalue weighted by molar-refractivity contribution is 9.10. The van der Waals surface area contributed by atoms with Crippen LogP contribution in [0, 0.1) is 5.82 Å². The number of benzene rings is 1. The van der Waals surface area contributed by atoms with Gasteiger partial charge in [-0.2, -0.15) is 0 Å².